The Labute approximate surface area is 829 Å². The molecule has 0 spiro atoms. The van der Waals surface area contributed by atoms with Crippen molar-refractivity contribution in [2.24, 2.45) is 0 Å². The summed E-state index contributed by atoms with van der Waals surface area (Å²) in [6, 6.07) is 162. The van der Waals surface area contributed by atoms with E-state index in [0.717, 1.165) is 165 Å². The number of benzene rings is 23. The van der Waals surface area contributed by atoms with Crippen LogP contribution in [0.25, 0.3) is 298 Å². The monoisotopic (exact) mass is 1850 g/mol. The minimum absolute atomic E-state index is 0.537. The molecule has 0 aliphatic heterocycles. The molecule has 0 aliphatic carbocycles. The average Bonchev–Trinajstić information content (AvgIpc) is 1.59. The van der Waals surface area contributed by atoms with Gasteiger partial charge in [0.2, 0.25) is 0 Å². The van der Waals surface area contributed by atoms with Crippen LogP contribution in [0.5, 0.6) is 0 Å². The molecule has 0 fully saturated rings. The highest BCUT2D eigenvalue weighted by Gasteiger charge is 2.25. The number of pyridine rings is 1. The molecule has 7 aromatic heterocycles. The molecule has 0 saturated carbocycles. The van der Waals surface area contributed by atoms with Crippen LogP contribution in [0.4, 0.5) is 0 Å². The van der Waals surface area contributed by atoms with Crippen LogP contribution < -0.4 is 0 Å². The van der Waals surface area contributed by atoms with Gasteiger partial charge in [-0.3, -0.25) is 4.98 Å². The van der Waals surface area contributed by atoms with Crippen LogP contribution in [0.1, 0.15) is 0 Å². The van der Waals surface area contributed by atoms with Gasteiger partial charge in [0.05, 0.1) is 0 Å². The highest BCUT2D eigenvalue weighted by Crippen LogP contribution is 2.48. The maximum Gasteiger partial charge on any atom is 0.182 e. The summed E-state index contributed by atoms with van der Waals surface area (Å²) in [5.74, 6) is 5.60. The first-order valence-corrected chi connectivity index (χ1v) is 48.5. The van der Waals surface area contributed by atoms with Crippen molar-refractivity contribution in [1.29, 1.82) is 0 Å². The summed E-state index contributed by atoms with van der Waals surface area (Å²) in [5, 5.41) is 30.3. The fraction of sp³-hybridized carbons (Fsp3) is 0. The Bertz CT molecular complexity index is 10400. The van der Waals surface area contributed by atoms with E-state index in [-0.39, 0.29) is 0 Å². The van der Waals surface area contributed by atoms with Crippen molar-refractivity contribution >= 4 is 174 Å². The Balaban J connectivity index is 0.000000106. The number of furan rings is 3. The lowest BCUT2D eigenvalue weighted by Gasteiger charge is -2.12. The lowest BCUT2D eigenvalue weighted by molar-refractivity contribution is 0.669. The van der Waals surface area contributed by atoms with E-state index in [1.807, 2.05) is 146 Å². The molecule has 145 heavy (non-hydrogen) atoms. The molecule has 0 unspecified atom stereocenters. The Morgan fingerprint density at radius 2 is 0.434 bits per heavy atom. The third kappa shape index (κ3) is 14.7. The Morgan fingerprint density at radius 3 is 0.924 bits per heavy atom. The molecular weight excluding hydrogens is 1770 g/mol. The van der Waals surface area contributed by atoms with Gasteiger partial charge in [0.25, 0.3) is 0 Å². The van der Waals surface area contributed by atoms with E-state index in [2.05, 4.69) is 327 Å². The van der Waals surface area contributed by atoms with Gasteiger partial charge in [0.1, 0.15) is 39.2 Å². The maximum absolute atomic E-state index is 6.43. The Kier molecular flexibility index (Phi) is 20.0. The smallest absolute Gasteiger partial charge is 0.182 e. The second kappa shape index (κ2) is 34.7. The van der Waals surface area contributed by atoms with Crippen LogP contribution in [0.2, 0.25) is 0 Å². The van der Waals surface area contributed by atoms with Gasteiger partial charge in [0.15, 0.2) is 52.4 Å². The molecule has 7 heterocycles. The normalized spacial score (nSPS) is 11.7. The van der Waals surface area contributed by atoms with E-state index in [9.17, 15) is 0 Å². The van der Waals surface area contributed by atoms with E-state index >= 15 is 0 Å². The molecule has 23 aromatic carbocycles. The summed E-state index contributed by atoms with van der Waals surface area (Å²) in [4.78, 5) is 49.6. The lowest BCUT2D eigenvalue weighted by atomic mass is 9.93. The number of nitrogens with zero attached hydrogens (tertiary/aromatic N) is 10. The zero-order valence-corrected chi connectivity index (χ0v) is 77.7. The predicted octanol–water partition coefficient (Wildman–Crippen LogP) is 34.6. The maximum atomic E-state index is 6.43. The first-order chi connectivity index (χ1) is 71.8. The van der Waals surface area contributed by atoms with Crippen LogP contribution >= 0.6 is 0 Å². The summed E-state index contributed by atoms with van der Waals surface area (Å²) < 4.78 is 19.3. The fourth-order valence-corrected chi connectivity index (χ4v) is 21.3. The molecule has 0 saturated heterocycles. The molecule has 30 rings (SSSR count). The van der Waals surface area contributed by atoms with Gasteiger partial charge in [-0.25, -0.2) is 44.9 Å². The molecule has 0 aliphatic rings. The van der Waals surface area contributed by atoms with Crippen LogP contribution in [0, 0.1) is 0 Å². The first-order valence-electron chi connectivity index (χ1n) is 48.5. The topological polar surface area (TPSA) is 168 Å². The molecule has 13 nitrogen and oxygen atoms in total. The lowest BCUT2D eigenvalue weighted by Crippen LogP contribution is -2.01. The third-order valence-electron chi connectivity index (χ3n) is 28.1. The molecule has 0 atom stereocenters. The van der Waals surface area contributed by atoms with Crippen molar-refractivity contribution in [3.05, 3.63) is 473 Å². The minimum Gasteiger partial charge on any atom is -0.456 e. The van der Waals surface area contributed by atoms with Crippen molar-refractivity contribution in [1.82, 2.24) is 49.8 Å². The molecule has 674 valence electrons. The van der Waals surface area contributed by atoms with Crippen molar-refractivity contribution in [2.75, 3.05) is 0 Å². The number of aromatic nitrogens is 10. The standard InChI is InChI=1S/C45H27N3O.C44H26N4O.C43H25N3O/c1-3-11-30(12-4-1)43-46-44(31-13-5-2-6-14-31)48-45(47-43)37-17-9-15-34-26-32(20-23-35(34)37)33-22-24-39-38(27-33)42-40(49-39)25-21-29-19-18-28-10-7-8-16-36(28)41(29)42;1-2-11-29(12-3-1)42-46-43(48-44(47-42)37-18-6-7-25-45-37)35-17-9-15-33-31(14-8-16-34(33)35)30-22-23-38-36(26-30)41-39(49-38)24-21-28-20-19-27-10-4-5-13-32(27)40(28)41;1-2-11-28(12-3-1)41-44-42(46-43(45-41)35-24-29-13-5-6-14-31(29)33-16-8-9-17-34(33)35)30-21-22-37-36(25-30)40-38(47-37)23-20-27-19-18-26-10-4-7-15-32(26)39(27)40/h1-27H;1-26H;1-25H. The van der Waals surface area contributed by atoms with Crippen molar-refractivity contribution in [2.45, 2.75) is 0 Å². The number of hydrogen-bond acceptors (Lipinski definition) is 13. The van der Waals surface area contributed by atoms with Gasteiger partial charge in [-0.2, -0.15) is 0 Å². The van der Waals surface area contributed by atoms with Crippen LogP contribution in [-0.2, 0) is 0 Å². The van der Waals surface area contributed by atoms with E-state index < -0.39 is 0 Å². The molecule has 0 N–H and O–H groups in total. The average molecular weight is 1850 g/mol. The van der Waals surface area contributed by atoms with Gasteiger partial charge in [-0.15, -0.1) is 0 Å². The van der Waals surface area contributed by atoms with Gasteiger partial charge < -0.3 is 13.3 Å². The zero-order chi connectivity index (χ0) is 95.5. The fourth-order valence-electron chi connectivity index (χ4n) is 21.3. The largest absolute Gasteiger partial charge is 0.456 e. The highest BCUT2D eigenvalue weighted by molar-refractivity contribution is 6.30. The van der Waals surface area contributed by atoms with Crippen molar-refractivity contribution in [3.8, 4) is 125 Å². The van der Waals surface area contributed by atoms with E-state index in [4.69, 9.17) is 58.1 Å². The number of hydrogen-bond donors (Lipinski definition) is 0. The predicted molar refractivity (Wildman–Crippen MR) is 594 cm³/mol. The molecular formula is C132H78N10O3. The number of fused-ring (bicyclic) bond motifs is 26. The third-order valence-corrected chi connectivity index (χ3v) is 28.1. The highest BCUT2D eigenvalue weighted by atomic mass is 16.3. The van der Waals surface area contributed by atoms with Gasteiger partial charge >= 0.3 is 0 Å². The molecule has 30 aromatic rings. The second-order valence-corrected chi connectivity index (χ2v) is 36.6. The minimum atomic E-state index is 0.537. The molecule has 0 bridgehead atoms. The van der Waals surface area contributed by atoms with Gasteiger partial charge in [-0.1, -0.05) is 382 Å². The second-order valence-electron chi connectivity index (χ2n) is 36.6. The van der Waals surface area contributed by atoms with Crippen LogP contribution in [0.3, 0.4) is 0 Å². The summed E-state index contributed by atoms with van der Waals surface area (Å²) >= 11 is 0. The quantitative estimate of drug-likeness (QED) is 0.112. The summed E-state index contributed by atoms with van der Waals surface area (Å²) in [6.45, 7) is 0. The Morgan fingerprint density at radius 1 is 0.131 bits per heavy atom. The molecule has 0 radical (unpaired) electrons. The molecule has 13 heteroatoms. The zero-order valence-electron chi connectivity index (χ0n) is 77.7. The van der Waals surface area contributed by atoms with E-state index in [1.54, 1.807) is 6.20 Å². The van der Waals surface area contributed by atoms with Crippen molar-refractivity contribution < 1.29 is 13.3 Å². The Hall–Kier alpha value is -19.8. The summed E-state index contributed by atoms with van der Waals surface area (Å²) in [6.07, 6.45) is 1.76. The van der Waals surface area contributed by atoms with E-state index in [1.165, 1.54) is 75.4 Å². The van der Waals surface area contributed by atoms with Gasteiger partial charge in [-0.05, 0) is 199 Å². The van der Waals surface area contributed by atoms with E-state index in [0.29, 0.717) is 58.1 Å². The SMILES string of the molecule is c1ccc(-c2nc(-c3ccc4oc5ccc6ccc7ccccc7c6c5c4c3)nc(-c3cc4ccccc4c4ccccc34)n2)cc1.c1ccc(-c2nc(-c3ccccc3)nc(-c3cccc4cc(-c5ccc6oc7ccc8ccc9ccccc9c8c7c6c5)ccc34)n2)cc1.c1ccc(-c2nc(-c3ccccn3)nc(-c3cccc4c(-c5ccc6oc7ccc8ccc9ccccc9c8c7c6c5)cccc34)n2)cc1. The van der Waals surface area contributed by atoms with Gasteiger partial charge in [0, 0.05) is 99.2 Å². The number of rotatable bonds is 11. The van der Waals surface area contributed by atoms with Crippen molar-refractivity contribution in [3.63, 3.8) is 0 Å². The summed E-state index contributed by atoms with van der Waals surface area (Å²) in [5.41, 5.74) is 18.0. The van der Waals surface area contributed by atoms with Crippen LogP contribution in [0.15, 0.2) is 487 Å². The summed E-state index contributed by atoms with van der Waals surface area (Å²) in [7, 11) is 0. The first kappa shape index (κ1) is 83.4. The van der Waals surface area contributed by atoms with Crippen LogP contribution in [-0.4, -0.2) is 49.8 Å². The molecule has 0 amide bonds.